The minimum Gasteiger partial charge on any atom is -0.303 e. The van der Waals surface area contributed by atoms with E-state index in [2.05, 4.69) is 34.0 Å². The molecule has 0 radical (unpaired) electrons. The first-order valence-corrected chi connectivity index (χ1v) is 7.92. The fourth-order valence-corrected chi connectivity index (χ4v) is 3.28. The summed E-state index contributed by atoms with van der Waals surface area (Å²) in [5.74, 6) is 0.506. The van der Waals surface area contributed by atoms with Crippen molar-refractivity contribution in [1.29, 1.82) is 0 Å². The molecule has 0 bridgehead atoms. The predicted molar refractivity (Wildman–Crippen MR) is 84.6 cm³/mol. The van der Waals surface area contributed by atoms with Gasteiger partial charge >= 0.3 is 0 Å². The summed E-state index contributed by atoms with van der Waals surface area (Å²) in [6.45, 7) is 5.60. The average molecular weight is 305 g/mol. The van der Waals surface area contributed by atoms with E-state index in [-0.39, 0.29) is 0 Å². The molecule has 1 atom stereocenters. The number of piperidine rings is 1. The zero-order chi connectivity index (χ0) is 14.7. The topological polar surface area (TPSA) is 34.0 Å². The zero-order valence-electron chi connectivity index (χ0n) is 12.3. The number of nitrogens with zero attached hydrogens (tertiary/aromatic N) is 4. The fraction of sp³-hybridized carbons (Fsp3) is 0.500. The molecule has 4 nitrogen and oxygen atoms in total. The second-order valence-corrected chi connectivity index (χ2v) is 6.30. The fourth-order valence-electron chi connectivity index (χ4n) is 3.08. The number of aromatic nitrogens is 3. The first-order chi connectivity index (χ1) is 10.2. The van der Waals surface area contributed by atoms with Crippen LogP contribution in [-0.2, 0) is 0 Å². The van der Waals surface area contributed by atoms with Crippen molar-refractivity contribution in [3.05, 3.63) is 47.5 Å². The smallest absolute Gasteiger partial charge is 0.137 e. The second kappa shape index (κ2) is 6.58. The molecule has 1 aliphatic rings. The van der Waals surface area contributed by atoms with E-state index in [1.807, 2.05) is 23.1 Å². The molecule has 5 heteroatoms. The van der Waals surface area contributed by atoms with E-state index in [1.54, 1.807) is 6.33 Å². The Labute approximate surface area is 130 Å². The van der Waals surface area contributed by atoms with Gasteiger partial charge in [-0.15, -0.1) is 0 Å². The van der Waals surface area contributed by atoms with E-state index in [0.29, 0.717) is 12.0 Å². The van der Waals surface area contributed by atoms with Crippen LogP contribution in [0.4, 0.5) is 0 Å². The summed E-state index contributed by atoms with van der Waals surface area (Å²) in [4.78, 5) is 6.58. The van der Waals surface area contributed by atoms with Gasteiger partial charge in [0.1, 0.15) is 12.7 Å². The Bertz CT molecular complexity index is 561. The lowest BCUT2D eigenvalue weighted by molar-refractivity contribution is 0.173. The molecule has 112 valence electrons. The minimum absolute atomic E-state index is 0.505. The molecule has 1 aromatic carbocycles. The summed E-state index contributed by atoms with van der Waals surface area (Å²) in [5.41, 5.74) is 1.32. The van der Waals surface area contributed by atoms with Gasteiger partial charge in [0.25, 0.3) is 0 Å². The molecule has 0 N–H and O–H groups in total. The summed E-state index contributed by atoms with van der Waals surface area (Å²) in [5, 5.41) is 5.08. The second-order valence-electron chi connectivity index (χ2n) is 5.86. The Hall–Kier alpha value is -1.39. The number of halogens is 1. The summed E-state index contributed by atoms with van der Waals surface area (Å²) in [6.07, 6.45) is 5.74. The highest BCUT2D eigenvalue weighted by atomic mass is 35.5. The van der Waals surface area contributed by atoms with Gasteiger partial charge in [0.05, 0.1) is 6.04 Å². The van der Waals surface area contributed by atoms with Crippen LogP contribution in [0.15, 0.2) is 36.9 Å². The highest BCUT2D eigenvalue weighted by molar-refractivity contribution is 6.30. The van der Waals surface area contributed by atoms with Gasteiger partial charge in [-0.25, -0.2) is 9.67 Å². The summed E-state index contributed by atoms with van der Waals surface area (Å²) < 4.78 is 2.00. The monoisotopic (exact) mass is 304 g/mol. The minimum atomic E-state index is 0.505. The SMILES string of the molecule is C[C@@H](CN1CCC(n2cncn2)CC1)c1cccc(Cl)c1. The largest absolute Gasteiger partial charge is 0.303 e. The predicted octanol–water partition coefficient (Wildman–Crippen LogP) is 3.37. The third-order valence-electron chi connectivity index (χ3n) is 4.32. The van der Waals surface area contributed by atoms with Crippen LogP contribution in [-0.4, -0.2) is 39.3 Å². The number of hydrogen-bond donors (Lipinski definition) is 0. The van der Waals surface area contributed by atoms with E-state index in [1.165, 1.54) is 5.56 Å². The van der Waals surface area contributed by atoms with Crippen molar-refractivity contribution in [3.63, 3.8) is 0 Å². The molecule has 0 amide bonds. The van der Waals surface area contributed by atoms with E-state index < -0.39 is 0 Å². The lowest BCUT2D eigenvalue weighted by Gasteiger charge is -2.33. The lowest BCUT2D eigenvalue weighted by Crippen LogP contribution is -2.37. The highest BCUT2D eigenvalue weighted by Crippen LogP contribution is 2.25. The van der Waals surface area contributed by atoms with Crippen LogP contribution in [0.2, 0.25) is 5.02 Å². The first-order valence-electron chi connectivity index (χ1n) is 7.54. The van der Waals surface area contributed by atoms with Gasteiger partial charge in [-0.3, -0.25) is 0 Å². The average Bonchev–Trinajstić information content (AvgIpc) is 3.02. The lowest BCUT2D eigenvalue weighted by atomic mass is 9.98. The van der Waals surface area contributed by atoms with Gasteiger partial charge in [-0.1, -0.05) is 30.7 Å². The van der Waals surface area contributed by atoms with Gasteiger partial charge in [-0.2, -0.15) is 5.10 Å². The number of hydrogen-bond acceptors (Lipinski definition) is 3. The molecule has 1 aromatic heterocycles. The van der Waals surface area contributed by atoms with Gasteiger partial charge in [0, 0.05) is 24.7 Å². The van der Waals surface area contributed by atoms with Crippen molar-refractivity contribution in [2.45, 2.75) is 31.7 Å². The Morgan fingerprint density at radius 3 is 2.81 bits per heavy atom. The summed E-state index contributed by atoms with van der Waals surface area (Å²) >= 11 is 6.08. The molecule has 0 unspecified atom stereocenters. The van der Waals surface area contributed by atoms with Crippen molar-refractivity contribution in [1.82, 2.24) is 19.7 Å². The van der Waals surface area contributed by atoms with Crippen molar-refractivity contribution in [2.75, 3.05) is 19.6 Å². The summed E-state index contributed by atoms with van der Waals surface area (Å²) in [7, 11) is 0. The van der Waals surface area contributed by atoms with Gasteiger partial charge < -0.3 is 4.90 Å². The maximum absolute atomic E-state index is 6.08. The van der Waals surface area contributed by atoms with Gasteiger partial charge in [0.2, 0.25) is 0 Å². The first kappa shape index (κ1) is 14.5. The molecule has 3 rings (SSSR count). The molecule has 0 aliphatic carbocycles. The van der Waals surface area contributed by atoms with Crippen LogP contribution in [0, 0.1) is 0 Å². The normalized spacial score (nSPS) is 18.8. The van der Waals surface area contributed by atoms with Crippen LogP contribution in [0.5, 0.6) is 0 Å². The third-order valence-corrected chi connectivity index (χ3v) is 4.55. The van der Waals surface area contributed by atoms with Crippen LogP contribution >= 0.6 is 11.6 Å². The Kier molecular flexibility index (Phi) is 4.56. The molecule has 2 aromatic rings. The van der Waals surface area contributed by atoms with Gasteiger partial charge in [-0.05, 0) is 36.5 Å². The molecule has 0 saturated carbocycles. The Morgan fingerprint density at radius 2 is 2.14 bits per heavy atom. The Morgan fingerprint density at radius 1 is 1.33 bits per heavy atom. The van der Waals surface area contributed by atoms with Crippen LogP contribution in [0.1, 0.15) is 37.3 Å². The highest BCUT2D eigenvalue weighted by Gasteiger charge is 2.22. The maximum Gasteiger partial charge on any atom is 0.137 e. The maximum atomic E-state index is 6.08. The van der Waals surface area contributed by atoms with E-state index in [4.69, 9.17) is 11.6 Å². The molecule has 0 spiro atoms. The molecule has 1 saturated heterocycles. The van der Waals surface area contributed by atoms with E-state index in [0.717, 1.165) is 37.5 Å². The van der Waals surface area contributed by atoms with Crippen molar-refractivity contribution in [3.8, 4) is 0 Å². The molecule has 21 heavy (non-hydrogen) atoms. The van der Waals surface area contributed by atoms with Crippen molar-refractivity contribution >= 4 is 11.6 Å². The number of rotatable bonds is 4. The summed E-state index contributed by atoms with van der Waals surface area (Å²) in [6, 6.07) is 8.71. The zero-order valence-corrected chi connectivity index (χ0v) is 13.1. The number of benzene rings is 1. The van der Waals surface area contributed by atoms with Crippen LogP contribution < -0.4 is 0 Å². The molecular weight excluding hydrogens is 284 g/mol. The van der Waals surface area contributed by atoms with E-state index >= 15 is 0 Å². The standard InChI is InChI=1S/C16H21ClN4/c1-13(14-3-2-4-15(17)9-14)10-20-7-5-16(6-8-20)21-12-18-11-19-21/h2-4,9,11-13,16H,5-8,10H2,1H3/t13-/m0/s1. The molecule has 2 heterocycles. The number of likely N-dealkylation sites (tertiary alicyclic amines) is 1. The Balaban J connectivity index is 1.53. The molecular formula is C16H21ClN4. The van der Waals surface area contributed by atoms with E-state index in [9.17, 15) is 0 Å². The van der Waals surface area contributed by atoms with Gasteiger partial charge in [0.15, 0.2) is 0 Å². The van der Waals surface area contributed by atoms with Crippen LogP contribution in [0.3, 0.4) is 0 Å². The van der Waals surface area contributed by atoms with Crippen LogP contribution in [0.25, 0.3) is 0 Å². The third kappa shape index (κ3) is 3.63. The molecule has 1 aliphatic heterocycles. The van der Waals surface area contributed by atoms with Crippen molar-refractivity contribution in [2.24, 2.45) is 0 Å². The molecule has 1 fully saturated rings. The van der Waals surface area contributed by atoms with Crippen molar-refractivity contribution < 1.29 is 0 Å². The quantitative estimate of drug-likeness (QED) is 0.868.